The first-order valence-corrected chi connectivity index (χ1v) is 6.94. The molecule has 1 heterocycles. The van der Waals surface area contributed by atoms with Crippen LogP contribution in [0.4, 0.5) is 0 Å². The largest absolute Gasteiger partial charge is 0.497 e. The van der Waals surface area contributed by atoms with E-state index < -0.39 is 0 Å². The minimum atomic E-state index is 0.0656. The summed E-state index contributed by atoms with van der Waals surface area (Å²) in [6, 6.07) is 6.71. The van der Waals surface area contributed by atoms with E-state index in [0.29, 0.717) is 11.9 Å². The van der Waals surface area contributed by atoms with E-state index in [2.05, 4.69) is 45.0 Å². The number of aromatic amines is 1. The summed E-state index contributed by atoms with van der Waals surface area (Å²) in [4.78, 5) is 0. The van der Waals surface area contributed by atoms with Crippen molar-refractivity contribution in [2.75, 3.05) is 7.11 Å². The zero-order chi connectivity index (χ0) is 13.9. The van der Waals surface area contributed by atoms with Crippen LogP contribution in [-0.2, 0) is 6.42 Å². The number of nitrogens with one attached hydrogen (secondary N) is 2. The third kappa shape index (κ3) is 2.51. The van der Waals surface area contributed by atoms with Crippen LogP contribution in [0.3, 0.4) is 0 Å². The van der Waals surface area contributed by atoms with E-state index in [9.17, 15) is 0 Å². The number of rotatable bonds is 4. The van der Waals surface area contributed by atoms with Gasteiger partial charge in [-0.1, -0.05) is 11.3 Å². The second kappa shape index (κ2) is 5.58. The summed E-state index contributed by atoms with van der Waals surface area (Å²) >= 11 is 0. The first-order valence-electron chi connectivity index (χ1n) is 6.94. The number of tetrazole rings is 1. The number of nitrogens with zero attached hydrogens (tertiary/aromatic N) is 3. The molecule has 1 aromatic carbocycles. The fourth-order valence-electron chi connectivity index (χ4n) is 2.81. The molecule has 0 aliphatic heterocycles. The van der Waals surface area contributed by atoms with Gasteiger partial charge in [0.2, 0.25) is 0 Å². The second-order valence-corrected chi connectivity index (χ2v) is 5.17. The van der Waals surface area contributed by atoms with Gasteiger partial charge in [0, 0.05) is 6.04 Å². The van der Waals surface area contributed by atoms with Gasteiger partial charge in [-0.3, -0.25) is 0 Å². The first-order chi connectivity index (χ1) is 9.78. The topological polar surface area (TPSA) is 75.7 Å². The molecule has 0 amide bonds. The minimum Gasteiger partial charge on any atom is -0.497 e. The molecule has 0 bridgehead atoms. The van der Waals surface area contributed by atoms with Gasteiger partial charge in [0.05, 0.1) is 13.2 Å². The van der Waals surface area contributed by atoms with Gasteiger partial charge < -0.3 is 10.1 Å². The fraction of sp³-hybridized carbons (Fsp3) is 0.500. The Morgan fingerprint density at radius 1 is 1.45 bits per heavy atom. The maximum Gasteiger partial charge on any atom is 0.191 e. The van der Waals surface area contributed by atoms with Crippen LogP contribution in [0.5, 0.6) is 5.75 Å². The molecule has 106 valence electrons. The highest BCUT2D eigenvalue weighted by atomic mass is 16.5. The lowest BCUT2D eigenvalue weighted by Crippen LogP contribution is -2.28. The van der Waals surface area contributed by atoms with Crippen LogP contribution in [0, 0.1) is 0 Å². The van der Waals surface area contributed by atoms with E-state index in [0.717, 1.165) is 18.6 Å². The summed E-state index contributed by atoms with van der Waals surface area (Å²) in [6.45, 7) is 2.05. The van der Waals surface area contributed by atoms with Gasteiger partial charge in [0.1, 0.15) is 5.75 Å². The van der Waals surface area contributed by atoms with Crippen LogP contribution in [-0.4, -0.2) is 27.7 Å². The van der Waals surface area contributed by atoms with Gasteiger partial charge in [-0.2, -0.15) is 5.21 Å². The Balaban J connectivity index is 1.82. The Bertz CT molecular complexity index is 569. The van der Waals surface area contributed by atoms with Gasteiger partial charge in [0.25, 0.3) is 0 Å². The lowest BCUT2D eigenvalue weighted by atomic mass is 9.87. The van der Waals surface area contributed by atoms with Gasteiger partial charge in [-0.15, -0.1) is 10.2 Å². The molecular formula is C14H19N5O. The quantitative estimate of drug-likeness (QED) is 0.890. The summed E-state index contributed by atoms with van der Waals surface area (Å²) in [6.07, 6.45) is 3.44. The Hall–Kier alpha value is -1.95. The average Bonchev–Trinajstić information content (AvgIpc) is 3.01. The van der Waals surface area contributed by atoms with Gasteiger partial charge in [0.15, 0.2) is 5.82 Å². The normalized spacial score (nSPS) is 19.4. The van der Waals surface area contributed by atoms with E-state index in [1.54, 1.807) is 7.11 Å². The van der Waals surface area contributed by atoms with Crippen LogP contribution in [0.15, 0.2) is 18.2 Å². The monoisotopic (exact) mass is 273 g/mol. The maximum absolute atomic E-state index is 5.34. The first kappa shape index (κ1) is 13.1. The third-order valence-corrected chi connectivity index (χ3v) is 3.87. The molecule has 0 fully saturated rings. The maximum atomic E-state index is 5.34. The van der Waals surface area contributed by atoms with Crippen LogP contribution in [0.1, 0.15) is 48.8 Å². The standard InChI is InChI=1S/C14H19N5O/c1-9(14-16-18-19-17-14)15-13-5-3-4-10-6-7-11(20-2)8-12(10)13/h6-9,13,15H,3-5H2,1-2H3,(H,16,17,18,19). The van der Waals surface area contributed by atoms with E-state index in [4.69, 9.17) is 4.74 Å². The Morgan fingerprint density at radius 2 is 2.35 bits per heavy atom. The van der Waals surface area contributed by atoms with Crippen molar-refractivity contribution >= 4 is 0 Å². The smallest absolute Gasteiger partial charge is 0.191 e. The predicted molar refractivity (Wildman–Crippen MR) is 74.4 cm³/mol. The van der Waals surface area contributed by atoms with Crippen LogP contribution in [0.25, 0.3) is 0 Å². The van der Waals surface area contributed by atoms with E-state index in [1.165, 1.54) is 17.5 Å². The number of fused-ring (bicyclic) bond motifs is 1. The summed E-state index contributed by atoms with van der Waals surface area (Å²) < 4.78 is 5.34. The number of aryl methyl sites for hydroxylation is 1. The molecule has 6 heteroatoms. The van der Waals surface area contributed by atoms with Crippen LogP contribution >= 0.6 is 0 Å². The summed E-state index contributed by atoms with van der Waals surface area (Å²) in [7, 11) is 1.70. The molecule has 2 N–H and O–H groups in total. The minimum absolute atomic E-state index is 0.0656. The molecule has 1 aliphatic carbocycles. The van der Waals surface area contributed by atoms with Crippen molar-refractivity contribution in [2.24, 2.45) is 0 Å². The van der Waals surface area contributed by atoms with Crippen molar-refractivity contribution in [3.63, 3.8) is 0 Å². The Morgan fingerprint density at radius 3 is 3.10 bits per heavy atom. The molecule has 20 heavy (non-hydrogen) atoms. The Labute approximate surface area is 117 Å². The highest BCUT2D eigenvalue weighted by Crippen LogP contribution is 2.33. The van der Waals surface area contributed by atoms with Crippen molar-refractivity contribution in [2.45, 2.75) is 38.3 Å². The molecule has 3 rings (SSSR count). The number of benzene rings is 1. The molecule has 0 saturated carbocycles. The number of ether oxygens (including phenoxy) is 1. The number of hydrogen-bond acceptors (Lipinski definition) is 5. The van der Waals surface area contributed by atoms with Gasteiger partial charge >= 0.3 is 0 Å². The molecule has 2 aromatic rings. The molecule has 6 nitrogen and oxygen atoms in total. The molecule has 2 atom stereocenters. The SMILES string of the molecule is COc1ccc2c(c1)C(NC(C)c1nn[nH]n1)CCC2. The van der Waals surface area contributed by atoms with Crippen molar-refractivity contribution in [3.05, 3.63) is 35.2 Å². The van der Waals surface area contributed by atoms with Crippen molar-refractivity contribution < 1.29 is 4.74 Å². The molecule has 1 aromatic heterocycles. The lowest BCUT2D eigenvalue weighted by Gasteiger charge is -2.28. The molecule has 0 spiro atoms. The second-order valence-electron chi connectivity index (χ2n) is 5.17. The Kier molecular flexibility index (Phi) is 3.64. The molecule has 0 saturated heterocycles. The van der Waals surface area contributed by atoms with Gasteiger partial charge in [-0.25, -0.2) is 0 Å². The van der Waals surface area contributed by atoms with Crippen LogP contribution in [0.2, 0.25) is 0 Å². The number of H-pyrrole nitrogens is 1. The van der Waals surface area contributed by atoms with Crippen LogP contribution < -0.4 is 10.1 Å². The highest BCUT2D eigenvalue weighted by molar-refractivity contribution is 5.39. The molecule has 1 aliphatic rings. The van der Waals surface area contributed by atoms with Gasteiger partial charge in [-0.05, 0) is 49.4 Å². The lowest BCUT2D eigenvalue weighted by molar-refractivity contribution is 0.394. The zero-order valence-electron chi connectivity index (χ0n) is 11.8. The summed E-state index contributed by atoms with van der Waals surface area (Å²) in [5.41, 5.74) is 2.72. The number of aromatic nitrogens is 4. The summed E-state index contributed by atoms with van der Waals surface area (Å²) in [5, 5.41) is 17.8. The van der Waals surface area contributed by atoms with Crippen molar-refractivity contribution in [1.82, 2.24) is 25.9 Å². The van der Waals surface area contributed by atoms with E-state index >= 15 is 0 Å². The van der Waals surface area contributed by atoms with Crippen molar-refractivity contribution in [1.29, 1.82) is 0 Å². The van der Waals surface area contributed by atoms with Crippen molar-refractivity contribution in [3.8, 4) is 5.75 Å². The number of methoxy groups -OCH3 is 1. The molecular weight excluding hydrogens is 254 g/mol. The molecule has 0 radical (unpaired) electrons. The average molecular weight is 273 g/mol. The third-order valence-electron chi connectivity index (χ3n) is 3.87. The van der Waals surface area contributed by atoms with E-state index in [1.807, 2.05) is 6.07 Å². The van der Waals surface area contributed by atoms with E-state index in [-0.39, 0.29) is 6.04 Å². The highest BCUT2D eigenvalue weighted by Gasteiger charge is 2.23. The molecule has 2 unspecified atom stereocenters. The fourth-order valence-corrected chi connectivity index (χ4v) is 2.81. The number of hydrogen-bond donors (Lipinski definition) is 2. The predicted octanol–water partition coefficient (Wildman–Crippen LogP) is 1.94. The summed E-state index contributed by atoms with van der Waals surface area (Å²) in [5.74, 6) is 1.60. The zero-order valence-corrected chi connectivity index (χ0v) is 11.8.